The van der Waals surface area contributed by atoms with Crippen LogP contribution in [0.3, 0.4) is 0 Å². The van der Waals surface area contributed by atoms with Gasteiger partial charge in [-0.1, -0.05) is 24.3 Å². The highest BCUT2D eigenvalue weighted by atomic mass is 35.5. The molecule has 2 aromatic carbocycles. The molecular formula is C23H29Cl2FN4O. The number of hydrogen-bond acceptors (Lipinski definition) is 2. The Morgan fingerprint density at radius 3 is 2.48 bits per heavy atom. The molecule has 1 amide bonds. The molecule has 1 heterocycles. The summed E-state index contributed by atoms with van der Waals surface area (Å²) >= 11 is 6.38. The van der Waals surface area contributed by atoms with E-state index < -0.39 is 0 Å². The minimum Gasteiger partial charge on any atom is -1.00 e. The fraction of sp³-hybridized carbons (Fsp3) is 0.348. The number of carbonyl (C=O) groups excluding carboxylic acids is 1. The molecule has 1 aliphatic rings. The maximum atomic E-state index is 13.1. The summed E-state index contributed by atoms with van der Waals surface area (Å²) in [5.41, 5.74) is 7.46. The standard InChI is InChI=1S/C23H25ClFN3O.ClH.H3N/c24-18(7-10-20(26)15-1-2-15)13-27-23(29)22-12-17-4-3-16(11-21(17)28-22)14-5-8-19(25)9-6-14;;/h3-6,8-9,11-12,15,18,20,28H,1-2,7,10,13,26H2,(H,27,29);1H;1H3/t18-,20?;;/m0../s1. The number of quaternary nitrogens is 1. The third-order valence-corrected chi connectivity index (χ3v) is 6.04. The highest BCUT2D eigenvalue weighted by molar-refractivity contribution is 6.21. The number of aromatic amines is 1. The molecule has 2 atom stereocenters. The van der Waals surface area contributed by atoms with E-state index in [4.69, 9.17) is 11.6 Å². The van der Waals surface area contributed by atoms with Crippen LogP contribution in [-0.4, -0.2) is 28.9 Å². The Balaban J connectivity index is 0.00000171. The molecular weight excluding hydrogens is 438 g/mol. The van der Waals surface area contributed by atoms with Gasteiger partial charge in [-0.05, 0) is 54.7 Å². The van der Waals surface area contributed by atoms with Crippen LogP contribution >= 0.6 is 11.6 Å². The van der Waals surface area contributed by atoms with Crippen molar-refractivity contribution in [3.63, 3.8) is 0 Å². The Kier molecular flexibility index (Phi) is 8.89. The van der Waals surface area contributed by atoms with Crippen LogP contribution in [0.1, 0.15) is 36.2 Å². The maximum absolute atomic E-state index is 13.1. The van der Waals surface area contributed by atoms with Gasteiger partial charge in [-0.2, -0.15) is 0 Å². The topological polar surface area (TPSA) is 108 Å². The number of H-pyrrole nitrogens is 1. The van der Waals surface area contributed by atoms with E-state index in [9.17, 15) is 9.18 Å². The third kappa shape index (κ3) is 6.43. The van der Waals surface area contributed by atoms with Crippen molar-refractivity contribution in [1.29, 1.82) is 0 Å². The average Bonchev–Trinajstić information content (AvgIpc) is 3.49. The van der Waals surface area contributed by atoms with Crippen LogP contribution in [0.5, 0.6) is 0 Å². The molecule has 8 N–H and O–H groups in total. The largest absolute Gasteiger partial charge is 1.00 e. The first kappa shape index (κ1) is 25.1. The number of aromatic nitrogens is 1. The number of amides is 1. The van der Waals surface area contributed by atoms with E-state index in [0.29, 0.717) is 18.3 Å². The molecule has 4 rings (SSSR count). The van der Waals surface area contributed by atoms with Gasteiger partial charge in [0.05, 0.1) is 11.4 Å². The summed E-state index contributed by atoms with van der Waals surface area (Å²) < 4.78 is 13.1. The molecule has 31 heavy (non-hydrogen) atoms. The number of halogens is 3. The molecule has 8 heteroatoms. The Morgan fingerprint density at radius 2 is 1.81 bits per heavy atom. The quantitative estimate of drug-likeness (QED) is 0.375. The van der Waals surface area contributed by atoms with E-state index in [2.05, 4.69) is 16.0 Å². The molecule has 1 unspecified atom stereocenters. The fourth-order valence-electron chi connectivity index (χ4n) is 3.67. The summed E-state index contributed by atoms with van der Waals surface area (Å²) in [6, 6.07) is 14.6. The Hall–Kier alpha value is -2.12. The predicted molar refractivity (Wildman–Crippen MR) is 119 cm³/mol. The van der Waals surface area contributed by atoms with Gasteiger partial charge < -0.3 is 34.6 Å². The monoisotopic (exact) mass is 466 g/mol. The third-order valence-electron chi connectivity index (χ3n) is 5.67. The molecule has 0 spiro atoms. The van der Waals surface area contributed by atoms with Crippen molar-refractivity contribution >= 4 is 28.4 Å². The van der Waals surface area contributed by atoms with Crippen LogP contribution in [0.2, 0.25) is 0 Å². The van der Waals surface area contributed by atoms with Crippen molar-refractivity contribution in [3.05, 3.63) is 60.0 Å². The molecule has 168 valence electrons. The Morgan fingerprint density at radius 1 is 1.13 bits per heavy atom. The number of carbonyl (C=O) groups is 1. The first-order valence-corrected chi connectivity index (χ1v) is 10.6. The lowest BCUT2D eigenvalue weighted by Gasteiger charge is -2.12. The average molecular weight is 467 g/mol. The van der Waals surface area contributed by atoms with Crippen LogP contribution in [0.15, 0.2) is 48.5 Å². The van der Waals surface area contributed by atoms with Gasteiger partial charge >= 0.3 is 0 Å². The molecule has 1 saturated carbocycles. The molecule has 0 radical (unpaired) electrons. The predicted octanol–water partition coefficient (Wildman–Crippen LogP) is 1.28. The van der Waals surface area contributed by atoms with Gasteiger partial charge in [0.2, 0.25) is 0 Å². The summed E-state index contributed by atoms with van der Waals surface area (Å²) in [6.45, 7) is 0.438. The molecule has 3 aromatic rings. The lowest BCUT2D eigenvalue weighted by molar-refractivity contribution is -0.427. The van der Waals surface area contributed by atoms with Crippen LogP contribution in [0.4, 0.5) is 4.39 Å². The SMILES string of the molecule is N.[Cl-].[NH3+]C(CC[C@H](Cl)CNC(=O)c1cc2ccc(-c3ccc(F)cc3)cc2[nH]1)C1CC1. The molecule has 0 saturated heterocycles. The molecule has 5 nitrogen and oxygen atoms in total. The van der Waals surface area contributed by atoms with Crippen molar-refractivity contribution in [3.8, 4) is 11.1 Å². The number of alkyl halides is 1. The van der Waals surface area contributed by atoms with Gasteiger partial charge in [-0.15, -0.1) is 11.6 Å². The lowest BCUT2D eigenvalue weighted by Crippen LogP contribution is -3.00. The van der Waals surface area contributed by atoms with Crippen molar-refractivity contribution < 1.29 is 27.3 Å². The Labute approximate surface area is 192 Å². The van der Waals surface area contributed by atoms with Crippen LogP contribution in [0, 0.1) is 11.7 Å². The van der Waals surface area contributed by atoms with Gasteiger partial charge in [0.25, 0.3) is 5.91 Å². The molecule has 1 aliphatic carbocycles. The lowest BCUT2D eigenvalue weighted by atomic mass is 10.0. The fourth-order valence-corrected chi connectivity index (χ4v) is 3.87. The second kappa shape index (κ2) is 11.0. The summed E-state index contributed by atoms with van der Waals surface area (Å²) in [5.74, 6) is 0.354. The second-order valence-electron chi connectivity index (χ2n) is 7.97. The highest BCUT2D eigenvalue weighted by Gasteiger charge is 2.31. The molecule has 0 aliphatic heterocycles. The zero-order valence-electron chi connectivity index (χ0n) is 17.3. The van der Waals surface area contributed by atoms with Crippen LogP contribution in [0.25, 0.3) is 22.0 Å². The van der Waals surface area contributed by atoms with Crippen molar-refractivity contribution in [1.82, 2.24) is 16.5 Å². The summed E-state index contributed by atoms with van der Waals surface area (Å²) in [5, 5.41) is 3.78. The number of hydrogen-bond donors (Lipinski definition) is 4. The van der Waals surface area contributed by atoms with E-state index in [1.165, 1.54) is 25.0 Å². The van der Waals surface area contributed by atoms with Gasteiger partial charge in [0.15, 0.2) is 0 Å². The van der Waals surface area contributed by atoms with Gasteiger partial charge in [-0.3, -0.25) is 4.79 Å². The van der Waals surface area contributed by atoms with Crippen LogP contribution in [-0.2, 0) is 0 Å². The van der Waals surface area contributed by atoms with Gasteiger partial charge in [0.1, 0.15) is 11.5 Å². The zero-order chi connectivity index (χ0) is 20.4. The maximum Gasteiger partial charge on any atom is 0.267 e. The summed E-state index contributed by atoms with van der Waals surface area (Å²) in [7, 11) is 0. The van der Waals surface area contributed by atoms with Gasteiger partial charge in [0, 0.05) is 29.8 Å². The summed E-state index contributed by atoms with van der Waals surface area (Å²) in [4.78, 5) is 15.7. The normalized spacial score (nSPS) is 14.9. The van der Waals surface area contributed by atoms with E-state index in [-0.39, 0.29) is 35.7 Å². The van der Waals surface area contributed by atoms with E-state index in [0.717, 1.165) is 40.8 Å². The van der Waals surface area contributed by atoms with Crippen molar-refractivity contribution in [2.24, 2.45) is 5.92 Å². The first-order chi connectivity index (χ1) is 14.0. The molecule has 1 fully saturated rings. The zero-order valence-corrected chi connectivity index (χ0v) is 18.9. The van der Waals surface area contributed by atoms with Gasteiger partial charge in [-0.25, -0.2) is 4.39 Å². The first-order valence-electron chi connectivity index (χ1n) is 10.1. The smallest absolute Gasteiger partial charge is 0.267 e. The number of benzene rings is 2. The van der Waals surface area contributed by atoms with E-state index in [1.807, 2.05) is 24.3 Å². The highest BCUT2D eigenvalue weighted by Crippen LogP contribution is 2.32. The van der Waals surface area contributed by atoms with E-state index >= 15 is 0 Å². The summed E-state index contributed by atoms with van der Waals surface area (Å²) in [6.07, 6.45) is 4.45. The van der Waals surface area contributed by atoms with Crippen molar-refractivity contribution in [2.75, 3.05) is 6.54 Å². The Bertz CT molecular complexity index is 1000. The second-order valence-corrected chi connectivity index (χ2v) is 8.59. The van der Waals surface area contributed by atoms with Crippen molar-refractivity contribution in [2.45, 2.75) is 37.1 Å². The minimum atomic E-state index is -0.260. The van der Waals surface area contributed by atoms with Crippen LogP contribution < -0.4 is 29.6 Å². The minimum absolute atomic E-state index is 0. The number of fused-ring (bicyclic) bond motifs is 1. The molecule has 1 aromatic heterocycles. The van der Waals surface area contributed by atoms with E-state index in [1.54, 1.807) is 12.1 Å². The number of rotatable bonds is 8. The molecule has 0 bridgehead atoms. The number of nitrogens with one attached hydrogen (secondary N) is 2.